The summed E-state index contributed by atoms with van der Waals surface area (Å²) in [5.74, 6) is 0. The van der Waals surface area contributed by atoms with E-state index in [0.717, 1.165) is 22.9 Å². The third kappa shape index (κ3) is 1.79. The van der Waals surface area contributed by atoms with Crippen LogP contribution in [0.1, 0.15) is 16.1 Å². The summed E-state index contributed by atoms with van der Waals surface area (Å²) in [5, 5.41) is 9.09. The summed E-state index contributed by atoms with van der Waals surface area (Å²) in [7, 11) is 1.84. The first-order chi connectivity index (χ1) is 8.76. The van der Waals surface area contributed by atoms with E-state index < -0.39 is 0 Å². The highest BCUT2D eigenvalue weighted by atomic mass is 16.1. The van der Waals surface area contributed by atoms with Crippen molar-refractivity contribution in [2.75, 3.05) is 0 Å². The van der Waals surface area contributed by atoms with E-state index in [1.54, 1.807) is 4.68 Å². The molecule has 0 fully saturated rings. The van der Waals surface area contributed by atoms with Gasteiger partial charge in [0.1, 0.15) is 12.0 Å². The first kappa shape index (κ1) is 10.7. The molecule has 0 aliphatic rings. The first-order valence-electron chi connectivity index (χ1n) is 5.65. The van der Waals surface area contributed by atoms with Gasteiger partial charge in [-0.1, -0.05) is 17.3 Å². The van der Waals surface area contributed by atoms with Gasteiger partial charge in [0, 0.05) is 30.5 Å². The van der Waals surface area contributed by atoms with Crippen molar-refractivity contribution in [3.63, 3.8) is 0 Å². The third-order valence-electron chi connectivity index (χ3n) is 2.92. The molecule has 0 aliphatic heterocycles. The zero-order chi connectivity index (χ0) is 12.5. The molecule has 0 N–H and O–H groups in total. The highest BCUT2D eigenvalue weighted by Gasteiger charge is 2.05. The number of hydrogen-bond donors (Lipinski definition) is 0. The Morgan fingerprint density at radius 2 is 2.22 bits per heavy atom. The monoisotopic (exact) mass is 240 g/mol. The molecule has 18 heavy (non-hydrogen) atoms. The van der Waals surface area contributed by atoms with Gasteiger partial charge in [-0.2, -0.15) is 0 Å². The molecular weight excluding hydrogens is 228 g/mol. The summed E-state index contributed by atoms with van der Waals surface area (Å²) in [6.45, 7) is 0.652. The lowest BCUT2D eigenvalue weighted by molar-refractivity contribution is 0.112. The smallest absolute Gasteiger partial charge is 0.150 e. The lowest BCUT2D eigenvalue weighted by Gasteiger charge is -2.02. The Morgan fingerprint density at radius 3 is 2.94 bits per heavy atom. The molecule has 2 heterocycles. The molecular formula is C13H12N4O. The van der Waals surface area contributed by atoms with Crippen molar-refractivity contribution in [3.8, 4) is 0 Å². The molecule has 0 atom stereocenters. The van der Waals surface area contributed by atoms with Gasteiger partial charge in [-0.3, -0.25) is 9.48 Å². The lowest BCUT2D eigenvalue weighted by atomic mass is 10.2. The molecule has 90 valence electrons. The van der Waals surface area contributed by atoms with Crippen molar-refractivity contribution >= 4 is 17.2 Å². The lowest BCUT2D eigenvalue weighted by Crippen LogP contribution is -1.98. The SMILES string of the molecule is Cn1cc(Cn2ccc3ccc(C=O)cc32)nn1. The van der Waals surface area contributed by atoms with Crippen LogP contribution >= 0.6 is 0 Å². The van der Waals surface area contributed by atoms with Gasteiger partial charge < -0.3 is 4.57 Å². The van der Waals surface area contributed by atoms with Gasteiger partial charge in [-0.15, -0.1) is 5.10 Å². The topological polar surface area (TPSA) is 52.7 Å². The number of carbonyl (C=O) groups is 1. The predicted molar refractivity (Wildman–Crippen MR) is 67.4 cm³/mol. The molecule has 5 nitrogen and oxygen atoms in total. The Labute approximate surface area is 104 Å². The average molecular weight is 240 g/mol. The highest BCUT2D eigenvalue weighted by molar-refractivity contribution is 5.87. The summed E-state index contributed by atoms with van der Waals surface area (Å²) >= 11 is 0. The summed E-state index contributed by atoms with van der Waals surface area (Å²) in [6.07, 6.45) is 4.74. The number of carbonyl (C=O) groups excluding carboxylic acids is 1. The molecule has 0 amide bonds. The fraction of sp³-hybridized carbons (Fsp3) is 0.154. The second-order valence-corrected chi connectivity index (χ2v) is 4.26. The van der Waals surface area contributed by atoms with Crippen LogP contribution in [0.25, 0.3) is 10.9 Å². The van der Waals surface area contributed by atoms with Crippen LogP contribution in [0.15, 0.2) is 36.7 Å². The largest absolute Gasteiger partial charge is 0.341 e. The predicted octanol–water partition coefficient (Wildman–Crippen LogP) is 1.63. The second kappa shape index (κ2) is 4.10. The van der Waals surface area contributed by atoms with Crippen molar-refractivity contribution in [2.24, 2.45) is 7.05 Å². The fourth-order valence-corrected chi connectivity index (χ4v) is 2.05. The Kier molecular flexibility index (Phi) is 2.44. The van der Waals surface area contributed by atoms with Crippen LogP contribution in [0.5, 0.6) is 0 Å². The molecule has 5 heteroatoms. The van der Waals surface area contributed by atoms with Gasteiger partial charge in [0.25, 0.3) is 0 Å². The van der Waals surface area contributed by atoms with E-state index in [2.05, 4.69) is 14.9 Å². The number of benzene rings is 1. The summed E-state index contributed by atoms with van der Waals surface area (Å²) in [5.41, 5.74) is 2.61. The molecule has 3 rings (SSSR count). The molecule has 1 aromatic carbocycles. The van der Waals surface area contributed by atoms with Crippen molar-refractivity contribution in [3.05, 3.63) is 47.9 Å². The van der Waals surface area contributed by atoms with Gasteiger partial charge >= 0.3 is 0 Å². The van der Waals surface area contributed by atoms with Crippen LogP contribution in [-0.2, 0) is 13.6 Å². The number of aryl methyl sites for hydroxylation is 1. The Morgan fingerprint density at radius 1 is 1.33 bits per heavy atom. The van der Waals surface area contributed by atoms with Crippen LogP contribution in [-0.4, -0.2) is 25.8 Å². The maximum absolute atomic E-state index is 10.8. The summed E-state index contributed by atoms with van der Waals surface area (Å²) in [6, 6.07) is 7.69. The molecule has 0 unspecified atom stereocenters. The van der Waals surface area contributed by atoms with E-state index >= 15 is 0 Å². The quantitative estimate of drug-likeness (QED) is 0.654. The van der Waals surface area contributed by atoms with Gasteiger partial charge in [-0.25, -0.2) is 0 Å². The van der Waals surface area contributed by atoms with Gasteiger partial charge in [0.05, 0.1) is 6.54 Å². The van der Waals surface area contributed by atoms with Crippen LogP contribution < -0.4 is 0 Å². The van der Waals surface area contributed by atoms with Crippen LogP contribution in [0.3, 0.4) is 0 Å². The molecule has 0 aliphatic carbocycles. The van der Waals surface area contributed by atoms with E-state index in [1.807, 2.05) is 43.7 Å². The zero-order valence-electron chi connectivity index (χ0n) is 9.95. The average Bonchev–Trinajstić information content (AvgIpc) is 2.96. The van der Waals surface area contributed by atoms with E-state index in [9.17, 15) is 4.79 Å². The Bertz CT molecular complexity index is 711. The van der Waals surface area contributed by atoms with E-state index in [4.69, 9.17) is 0 Å². The minimum Gasteiger partial charge on any atom is -0.341 e. The maximum atomic E-state index is 10.8. The number of rotatable bonds is 3. The van der Waals surface area contributed by atoms with Crippen molar-refractivity contribution in [1.29, 1.82) is 0 Å². The van der Waals surface area contributed by atoms with Crippen LogP contribution in [0, 0.1) is 0 Å². The summed E-state index contributed by atoms with van der Waals surface area (Å²) in [4.78, 5) is 10.8. The first-order valence-corrected chi connectivity index (χ1v) is 5.65. The van der Waals surface area contributed by atoms with Crippen molar-refractivity contribution in [1.82, 2.24) is 19.6 Å². The number of aromatic nitrogens is 4. The van der Waals surface area contributed by atoms with Crippen molar-refractivity contribution in [2.45, 2.75) is 6.54 Å². The molecule has 0 spiro atoms. The fourth-order valence-electron chi connectivity index (χ4n) is 2.05. The number of nitrogens with zero attached hydrogens (tertiary/aromatic N) is 4. The van der Waals surface area contributed by atoms with Gasteiger partial charge in [0.2, 0.25) is 0 Å². The van der Waals surface area contributed by atoms with E-state index in [-0.39, 0.29) is 0 Å². The maximum Gasteiger partial charge on any atom is 0.150 e. The molecule has 2 aromatic heterocycles. The van der Waals surface area contributed by atoms with E-state index in [0.29, 0.717) is 12.1 Å². The number of fused-ring (bicyclic) bond motifs is 1. The standard InChI is InChI=1S/C13H12N4O/c1-16-7-12(14-15-16)8-17-5-4-11-3-2-10(9-18)6-13(11)17/h2-7,9H,8H2,1H3. The van der Waals surface area contributed by atoms with E-state index in [1.165, 1.54) is 0 Å². The normalized spacial score (nSPS) is 10.9. The van der Waals surface area contributed by atoms with Crippen LogP contribution in [0.2, 0.25) is 0 Å². The molecule has 0 bridgehead atoms. The molecule has 0 saturated heterocycles. The molecule has 0 radical (unpaired) electrons. The number of hydrogen-bond acceptors (Lipinski definition) is 3. The number of aldehydes is 1. The van der Waals surface area contributed by atoms with Crippen LogP contribution in [0.4, 0.5) is 0 Å². The highest BCUT2D eigenvalue weighted by Crippen LogP contribution is 2.17. The van der Waals surface area contributed by atoms with Crippen molar-refractivity contribution < 1.29 is 4.79 Å². The van der Waals surface area contributed by atoms with Gasteiger partial charge in [0.15, 0.2) is 0 Å². The summed E-state index contributed by atoms with van der Waals surface area (Å²) < 4.78 is 3.74. The second-order valence-electron chi connectivity index (χ2n) is 4.26. The van der Waals surface area contributed by atoms with Gasteiger partial charge in [-0.05, 0) is 17.5 Å². The molecule has 3 aromatic rings. The minimum absolute atomic E-state index is 0.652. The Hall–Kier alpha value is -2.43. The third-order valence-corrected chi connectivity index (χ3v) is 2.92. The molecule has 0 saturated carbocycles. The minimum atomic E-state index is 0.652. The Balaban J connectivity index is 2.03. The zero-order valence-corrected chi connectivity index (χ0v) is 9.95.